The summed E-state index contributed by atoms with van der Waals surface area (Å²) in [6.45, 7) is 4.68. The lowest BCUT2D eigenvalue weighted by atomic mass is 10.2. The number of rotatable bonds is 8. The van der Waals surface area contributed by atoms with Crippen LogP contribution in [0.2, 0.25) is 0 Å². The Labute approximate surface area is 87.0 Å². The summed E-state index contributed by atoms with van der Waals surface area (Å²) in [5.41, 5.74) is 5.62. The minimum Gasteiger partial charge on any atom is -0.466 e. The van der Waals surface area contributed by atoms with Gasteiger partial charge in [-0.2, -0.15) is 0 Å². The molecule has 3 nitrogen and oxygen atoms in total. The van der Waals surface area contributed by atoms with Crippen LogP contribution in [0.1, 0.15) is 52.4 Å². The number of ether oxygens (including phenoxy) is 1. The van der Waals surface area contributed by atoms with Gasteiger partial charge in [0.25, 0.3) is 0 Å². The van der Waals surface area contributed by atoms with E-state index < -0.39 is 0 Å². The van der Waals surface area contributed by atoms with Crippen molar-refractivity contribution >= 4 is 5.97 Å². The predicted molar refractivity (Wildman–Crippen MR) is 58.0 cm³/mol. The van der Waals surface area contributed by atoms with Crippen molar-refractivity contribution in [2.75, 3.05) is 6.61 Å². The molecule has 1 unspecified atom stereocenters. The van der Waals surface area contributed by atoms with E-state index in [4.69, 9.17) is 10.5 Å². The largest absolute Gasteiger partial charge is 0.466 e. The molecule has 1 atom stereocenters. The highest BCUT2D eigenvalue weighted by Gasteiger charge is 2.07. The molecule has 0 aliphatic heterocycles. The highest BCUT2D eigenvalue weighted by Crippen LogP contribution is 2.01. The van der Waals surface area contributed by atoms with Gasteiger partial charge in [0.15, 0.2) is 0 Å². The maximum Gasteiger partial charge on any atom is 0.307 e. The van der Waals surface area contributed by atoms with E-state index in [0.29, 0.717) is 13.0 Å². The number of hydrogen-bond acceptors (Lipinski definition) is 3. The molecule has 0 spiro atoms. The first kappa shape index (κ1) is 13.4. The van der Waals surface area contributed by atoms with Crippen molar-refractivity contribution in [2.24, 2.45) is 5.73 Å². The van der Waals surface area contributed by atoms with Crippen LogP contribution in [0.25, 0.3) is 0 Å². The molecule has 14 heavy (non-hydrogen) atoms. The lowest BCUT2D eigenvalue weighted by Crippen LogP contribution is -2.24. The second-order valence-corrected chi connectivity index (χ2v) is 3.65. The second-order valence-electron chi connectivity index (χ2n) is 3.65. The quantitative estimate of drug-likeness (QED) is 0.484. The Hall–Kier alpha value is -0.570. The Balaban J connectivity index is 3.27. The lowest BCUT2D eigenvalue weighted by molar-refractivity contribution is -0.144. The number of hydrogen-bond donors (Lipinski definition) is 1. The Morgan fingerprint density at radius 2 is 2.00 bits per heavy atom. The second kappa shape index (κ2) is 9.00. The highest BCUT2D eigenvalue weighted by molar-refractivity contribution is 5.70. The molecule has 3 heteroatoms. The molecule has 2 N–H and O–H groups in total. The molecule has 0 fully saturated rings. The van der Waals surface area contributed by atoms with Crippen LogP contribution in [0.15, 0.2) is 0 Å². The average molecular weight is 201 g/mol. The maximum absolute atomic E-state index is 11.1. The minimum absolute atomic E-state index is 0.0434. The molecule has 0 aromatic carbocycles. The molecule has 0 bridgehead atoms. The van der Waals surface area contributed by atoms with E-state index in [1.54, 1.807) is 0 Å². The molecule has 0 saturated carbocycles. The zero-order chi connectivity index (χ0) is 10.8. The summed E-state index contributed by atoms with van der Waals surface area (Å²) in [5.74, 6) is -0.157. The minimum atomic E-state index is -0.157. The van der Waals surface area contributed by atoms with E-state index in [2.05, 4.69) is 6.92 Å². The van der Waals surface area contributed by atoms with Crippen LogP contribution < -0.4 is 5.73 Å². The molecule has 0 aliphatic rings. The fourth-order valence-electron chi connectivity index (χ4n) is 1.13. The van der Waals surface area contributed by atoms with Gasteiger partial charge in [0.1, 0.15) is 0 Å². The number of nitrogens with two attached hydrogens (primary N) is 1. The molecule has 0 saturated heterocycles. The van der Waals surface area contributed by atoms with Crippen LogP contribution in [0, 0.1) is 0 Å². The van der Waals surface area contributed by atoms with Crippen molar-refractivity contribution in [3.05, 3.63) is 0 Å². The molecular weight excluding hydrogens is 178 g/mol. The van der Waals surface area contributed by atoms with E-state index in [9.17, 15) is 4.79 Å². The summed E-state index contributed by atoms with van der Waals surface area (Å²) >= 11 is 0. The maximum atomic E-state index is 11.1. The van der Waals surface area contributed by atoms with Crippen molar-refractivity contribution < 1.29 is 9.53 Å². The van der Waals surface area contributed by atoms with E-state index in [1.807, 2.05) is 6.92 Å². The molecule has 84 valence electrons. The van der Waals surface area contributed by atoms with Crippen molar-refractivity contribution in [3.8, 4) is 0 Å². The van der Waals surface area contributed by atoms with E-state index in [0.717, 1.165) is 19.3 Å². The molecule has 0 aliphatic carbocycles. The van der Waals surface area contributed by atoms with E-state index >= 15 is 0 Å². The Kier molecular flexibility index (Phi) is 8.64. The Morgan fingerprint density at radius 1 is 1.29 bits per heavy atom. The predicted octanol–water partition coefficient (Wildman–Crippen LogP) is 2.24. The number of carbonyl (C=O) groups is 1. The van der Waals surface area contributed by atoms with Crippen LogP contribution in [-0.4, -0.2) is 18.6 Å². The normalized spacial score (nSPS) is 12.5. The molecule has 0 rings (SSSR count). The SMILES string of the molecule is CCCCCCOC(=O)CC(N)CC. The Morgan fingerprint density at radius 3 is 2.57 bits per heavy atom. The third-order valence-electron chi connectivity index (χ3n) is 2.21. The first-order valence-corrected chi connectivity index (χ1v) is 5.61. The highest BCUT2D eigenvalue weighted by atomic mass is 16.5. The van der Waals surface area contributed by atoms with Gasteiger partial charge >= 0.3 is 5.97 Å². The van der Waals surface area contributed by atoms with Crippen LogP contribution >= 0.6 is 0 Å². The summed E-state index contributed by atoms with van der Waals surface area (Å²) in [5, 5.41) is 0. The molecule has 0 aromatic heterocycles. The van der Waals surface area contributed by atoms with Gasteiger partial charge < -0.3 is 10.5 Å². The van der Waals surface area contributed by atoms with Gasteiger partial charge in [0.2, 0.25) is 0 Å². The summed E-state index contributed by atoms with van der Waals surface area (Å²) < 4.78 is 5.04. The Bertz CT molecular complexity index is 148. The van der Waals surface area contributed by atoms with Gasteiger partial charge in [-0.1, -0.05) is 33.1 Å². The van der Waals surface area contributed by atoms with Gasteiger partial charge in [0, 0.05) is 6.04 Å². The zero-order valence-corrected chi connectivity index (χ0v) is 9.42. The number of unbranched alkanes of at least 4 members (excludes halogenated alkanes) is 3. The lowest BCUT2D eigenvalue weighted by Gasteiger charge is -2.08. The summed E-state index contributed by atoms with van der Waals surface area (Å²) in [6, 6.07) is -0.0434. The van der Waals surface area contributed by atoms with E-state index in [1.165, 1.54) is 12.8 Å². The average Bonchev–Trinajstić information content (AvgIpc) is 2.17. The molecule has 0 amide bonds. The van der Waals surface area contributed by atoms with Gasteiger partial charge in [-0.15, -0.1) is 0 Å². The summed E-state index contributed by atoms with van der Waals surface area (Å²) in [6.07, 6.45) is 5.71. The molecular formula is C11H23NO2. The standard InChI is InChI=1S/C11H23NO2/c1-3-5-6-7-8-14-11(13)9-10(12)4-2/h10H,3-9,12H2,1-2H3. The first-order chi connectivity index (χ1) is 6.70. The van der Waals surface area contributed by atoms with Gasteiger partial charge in [0.05, 0.1) is 13.0 Å². The van der Waals surface area contributed by atoms with Crippen molar-refractivity contribution in [1.29, 1.82) is 0 Å². The monoisotopic (exact) mass is 201 g/mol. The first-order valence-electron chi connectivity index (χ1n) is 5.61. The van der Waals surface area contributed by atoms with Crippen LogP contribution in [0.3, 0.4) is 0 Å². The summed E-state index contributed by atoms with van der Waals surface area (Å²) in [7, 11) is 0. The smallest absolute Gasteiger partial charge is 0.307 e. The van der Waals surface area contributed by atoms with Crippen molar-refractivity contribution in [1.82, 2.24) is 0 Å². The fourth-order valence-corrected chi connectivity index (χ4v) is 1.13. The zero-order valence-electron chi connectivity index (χ0n) is 9.42. The van der Waals surface area contributed by atoms with Crippen molar-refractivity contribution in [3.63, 3.8) is 0 Å². The van der Waals surface area contributed by atoms with Gasteiger partial charge in [-0.3, -0.25) is 4.79 Å². The molecule has 0 heterocycles. The third-order valence-corrected chi connectivity index (χ3v) is 2.21. The van der Waals surface area contributed by atoms with Gasteiger partial charge in [-0.25, -0.2) is 0 Å². The van der Waals surface area contributed by atoms with Gasteiger partial charge in [-0.05, 0) is 12.8 Å². The van der Waals surface area contributed by atoms with E-state index in [-0.39, 0.29) is 12.0 Å². The van der Waals surface area contributed by atoms with Crippen molar-refractivity contribution in [2.45, 2.75) is 58.4 Å². The molecule has 0 aromatic rings. The molecule has 0 radical (unpaired) electrons. The number of carbonyl (C=O) groups excluding carboxylic acids is 1. The van der Waals surface area contributed by atoms with Crippen LogP contribution in [0.4, 0.5) is 0 Å². The fraction of sp³-hybridized carbons (Fsp3) is 0.909. The van der Waals surface area contributed by atoms with Crippen LogP contribution in [-0.2, 0) is 9.53 Å². The topological polar surface area (TPSA) is 52.3 Å². The van der Waals surface area contributed by atoms with Crippen LogP contribution in [0.5, 0.6) is 0 Å². The number of esters is 1. The third kappa shape index (κ3) is 8.05. The summed E-state index contributed by atoms with van der Waals surface area (Å²) in [4.78, 5) is 11.1.